The van der Waals surface area contributed by atoms with Gasteiger partial charge in [-0.05, 0) is 32.4 Å². The molecule has 1 aromatic carbocycles. The maximum Gasteiger partial charge on any atom is 0.344 e. The maximum absolute atomic E-state index is 11.1. The molecule has 1 N–H and O–H groups in total. The highest BCUT2D eigenvalue weighted by molar-refractivity contribution is 5.72. The van der Waals surface area contributed by atoms with Crippen molar-refractivity contribution in [2.24, 2.45) is 0 Å². The third-order valence-electron chi connectivity index (χ3n) is 3.05. The topological polar surface area (TPSA) is 49.8 Å². The van der Waals surface area contributed by atoms with Gasteiger partial charge in [0.1, 0.15) is 5.75 Å². The third-order valence-corrected chi connectivity index (χ3v) is 3.05. The molecule has 1 aromatic rings. The van der Waals surface area contributed by atoms with Crippen LogP contribution in [-0.4, -0.2) is 30.3 Å². The van der Waals surface area contributed by atoms with Crippen LogP contribution in [0.5, 0.6) is 5.75 Å². The highest BCUT2D eigenvalue weighted by atomic mass is 16.5. The minimum Gasteiger partial charge on any atom is -0.479 e. The number of ether oxygens (including phenoxy) is 1. The molecule has 19 heavy (non-hydrogen) atoms. The number of rotatable bonds is 8. The summed E-state index contributed by atoms with van der Waals surface area (Å²) in [4.78, 5) is 13.3. The summed E-state index contributed by atoms with van der Waals surface area (Å²) in [5, 5.41) is 9.10. The van der Waals surface area contributed by atoms with E-state index < -0.39 is 12.1 Å². The Kier molecular flexibility index (Phi) is 6.19. The van der Waals surface area contributed by atoms with Crippen LogP contribution in [0.1, 0.15) is 33.6 Å². The maximum atomic E-state index is 11.1. The number of carboxylic acid groups (broad SMARTS) is 1. The van der Waals surface area contributed by atoms with Crippen molar-refractivity contribution in [1.29, 1.82) is 0 Å². The summed E-state index contributed by atoms with van der Waals surface area (Å²) in [6, 6.07) is 7.61. The number of carboxylic acids is 1. The predicted molar refractivity (Wildman–Crippen MR) is 77.0 cm³/mol. The van der Waals surface area contributed by atoms with Gasteiger partial charge in [-0.1, -0.05) is 19.4 Å². The smallest absolute Gasteiger partial charge is 0.344 e. The highest BCUT2D eigenvalue weighted by Gasteiger charge is 2.18. The quantitative estimate of drug-likeness (QED) is 0.784. The van der Waals surface area contributed by atoms with E-state index in [1.165, 1.54) is 0 Å². The Bertz CT molecular complexity index is 402. The number of anilines is 1. The van der Waals surface area contributed by atoms with Crippen molar-refractivity contribution in [2.45, 2.75) is 39.7 Å². The van der Waals surface area contributed by atoms with Crippen LogP contribution in [0.25, 0.3) is 0 Å². The number of carbonyl (C=O) groups is 1. The minimum absolute atomic E-state index is 0.519. The number of hydrogen-bond acceptors (Lipinski definition) is 3. The molecule has 1 atom stereocenters. The van der Waals surface area contributed by atoms with Gasteiger partial charge in [0, 0.05) is 24.8 Å². The average molecular weight is 265 g/mol. The van der Waals surface area contributed by atoms with Gasteiger partial charge in [0.2, 0.25) is 0 Å². The van der Waals surface area contributed by atoms with E-state index in [0.717, 1.165) is 25.2 Å². The second-order valence-corrected chi connectivity index (χ2v) is 4.40. The molecule has 4 nitrogen and oxygen atoms in total. The van der Waals surface area contributed by atoms with Crippen LogP contribution < -0.4 is 9.64 Å². The average Bonchev–Trinajstić information content (AvgIpc) is 2.40. The number of aliphatic carboxylic acids is 1. The summed E-state index contributed by atoms with van der Waals surface area (Å²) >= 11 is 0. The van der Waals surface area contributed by atoms with Crippen LogP contribution in [0.3, 0.4) is 0 Å². The molecule has 0 radical (unpaired) electrons. The first-order chi connectivity index (χ1) is 9.12. The van der Waals surface area contributed by atoms with Gasteiger partial charge in [-0.15, -0.1) is 0 Å². The molecule has 0 aliphatic heterocycles. The first-order valence-corrected chi connectivity index (χ1v) is 6.86. The van der Waals surface area contributed by atoms with E-state index in [1.807, 2.05) is 25.1 Å². The molecule has 0 heterocycles. The summed E-state index contributed by atoms with van der Waals surface area (Å²) in [5.41, 5.74) is 1.06. The number of benzene rings is 1. The van der Waals surface area contributed by atoms with E-state index in [-0.39, 0.29) is 0 Å². The molecule has 0 aliphatic carbocycles. The Labute approximate surface area is 115 Å². The lowest BCUT2D eigenvalue weighted by atomic mass is 10.2. The van der Waals surface area contributed by atoms with Crippen LogP contribution in [0.2, 0.25) is 0 Å². The van der Waals surface area contributed by atoms with Crippen molar-refractivity contribution < 1.29 is 14.6 Å². The SMILES string of the molecule is CCCC(Oc1cccc(N(CC)CC)c1)C(=O)O. The number of nitrogens with zero attached hydrogens (tertiary/aromatic N) is 1. The van der Waals surface area contributed by atoms with E-state index in [9.17, 15) is 4.79 Å². The fourth-order valence-corrected chi connectivity index (χ4v) is 2.00. The van der Waals surface area contributed by atoms with Gasteiger partial charge >= 0.3 is 5.97 Å². The summed E-state index contributed by atoms with van der Waals surface area (Å²) < 4.78 is 5.57. The molecule has 0 saturated heterocycles. The first kappa shape index (κ1) is 15.3. The second kappa shape index (κ2) is 7.67. The Balaban J connectivity index is 2.83. The lowest BCUT2D eigenvalue weighted by Crippen LogP contribution is -2.27. The Morgan fingerprint density at radius 1 is 1.32 bits per heavy atom. The number of hydrogen-bond donors (Lipinski definition) is 1. The second-order valence-electron chi connectivity index (χ2n) is 4.40. The zero-order chi connectivity index (χ0) is 14.3. The zero-order valence-corrected chi connectivity index (χ0v) is 11.9. The van der Waals surface area contributed by atoms with Gasteiger partial charge in [-0.25, -0.2) is 4.79 Å². The molecule has 1 unspecified atom stereocenters. The fraction of sp³-hybridized carbons (Fsp3) is 0.533. The van der Waals surface area contributed by atoms with Crippen molar-refractivity contribution in [3.8, 4) is 5.75 Å². The van der Waals surface area contributed by atoms with Gasteiger partial charge in [0.25, 0.3) is 0 Å². The Morgan fingerprint density at radius 3 is 2.53 bits per heavy atom. The summed E-state index contributed by atoms with van der Waals surface area (Å²) in [5.74, 6) is -0.291. The van der Waals surface area contributed by atoms with Gasteiger partial charge in [-0.3, -0.25) is 0 Å². The lowest BCUT2D eigenvalue weighted by Gasteiger charge is -2.22. The van der Waals surface area contributed by atoms with E-state index in [2.05, 4.69) is 18.7 Å². The molecule has 0 amide bonds. The molecule has 0 spiro atoms. The van der Waals surface area contributed by atoms with Gasteiger partial charge in [0.15, 0.2) is 6.10 Å². The van der Waals surface area contributed by atoms with E-state index in [0.29, 0.717) is 12.2 Å². The summed E-state index contributed by atoms with van der Waals surface area (Å²) in [6.07, 6.45) is 0.536. The monoisotopic (exact) mass is 265 g/mol. The molecule has 0 saturated carbocycles. The van der Waals surface area contributed by atoms with Crippen LogP contribution in [0.15, 0.2) is 24.3 Å². The van der Waals surface area contributed by atoms with Crippen molar-refractivity contribution in [2.75, 3.05) is 18.0 Å². The van der Waals surface area contributed by atoms with E-state index >= 15 is 0 Å². The Hall–Kier alpha value is -1.71. The molecule has 0 fully saturated rings. The summed E-state index contributed by atoms with van der Waals surface area (Å²) in [7, 11) is 0. The molecule has 0 bridgehead atoms. The molecule has 0 aliphatic rings. The zero-order valence-electron chi connectivity index (χ0n) is 11.9. The van der Waals surface area contributed by atoms with E-state index in [1.54, 1.807) is 6.07 Å². The van der Waals surface area contributed by atoms with Crippen molar-refractivity contribution in [1.82, 2.24) is 0 Å². The first-order valence-electron chi connectivity index (χ1n) is 6.86. The largest absolute Gasteiger partial charge is 0.479 e. The van der Waals surface area contributed by atoms with Crippen LogP contribution >= 0.6 is 0 Å². The van der Waals surface area contributed by atoms with Crippen LogP contribution in [0.4, 0.5) is 5.69 Å². The molecular weight excluding hydrogens is 242 g/mol. The standard InChI is InChI=1S/C15H23NO3/c1-4-8-14(15(17)18)19-13-10-7-9-12(11-13)16(5-2)6-3/h7,9-11,14H,4-6,8H2,1-3H3,(H,17,18). The minimum atomic E-state index is -0.907. The fourth-order valence-electron chi connectivity index (χ4n) is 2.00. The highest BCUT2D eigenvalue weighted by Crippen LogP contribution is 2.22. The van der Waals surface area contributed by atoms with Gasteiger partial charge < -0.3 is 14.7 Å². The van der Waals surface area contributed by atoms with Gasteiger partial charge in [0.05, 0.1) is 0 Å². The van der Waals surface area contributed by atoms with Crippen molar-refractivity contribution in [3.05, 3.63) is 24.3 Å². The molecule has 0 aromatic heterocycles. The molecule has 106 valence electrons. The summed E-state index contributed by atoms with van der Waals surface area (Å²) in [6.45, 7) is 7.96. The molecular formula is C15H23NO3. The van der Waals surface area contributed by atoms with E-state index in [4.69, 9.17) is 9.84 Å². The van der Waals surface area contributed by atoms with Crippen molar-refractivity contribution >= 4 is 11.7 Å². The van der Waals surface area contributed by atoms with Crippen molar-refractivity contribution in [3.63, 3.8) is 0 Å². The lowest BCUT2D eigenvalue weighted by molar-refractivity contribution is -0.145. The van der Waals surface area contributed by atoms with Crippen LogP contribution in [0, 0.1) is 0 Å². The molecule has 1 rings (SSSR count). The molecule has 4 heteroatoms. The van der Waals surface area contributed by atoms with Crippen LogP contribution in [-0.2, 0) is 4.79 Å². The predicted octanol–water partition coefficient (Wildman–Crippen LogP) is 3.16. The van der Waals surface area contributed by atoms with Gasteiger partial charge in [-0.2, -0.15) is 0 Å². The third kappa shape index (κ3) is 4.47. The Morgan fingerprint density at radius 2 is 2.00 bits per heavy atom. The normalized spacial score (nSPS) is 11.9.